The largest absolute Gasteiger partial charge is 0.395 e. The van der Waals surface area contributed by atoms with Crippen LogP contribution in [0, 0.1) is 0 Å². The molecule has 0 saturated carbocycles. The summed E-state index contributed by atoms with van der Waals surface area (Å²) in [5, 5.41) is 18.6. The van der Waals surface area contributed by atoms with Crippen molar-refractivity contribution in [3.63, 3.8) is 0 Å². The molecule has 0 amide bonds. The number of aliphatic hydroxyl groups excluding tert-OH is 2. The van der Waals surface area contributed by atoms with E-state index >= 15 is 0 Å². The van der Waals surface area contributed by atoms with Gasteiger partial charge in [0.1, 0.15) is 0 Å². The molecule has 1 atom stereocenters. The lowest BCUT2D eigenvalue weighted by Crippen LogP contribution is -2.38. The Hall–Kier alpha value is -0.200. The Morgan fingerprint density at radius 3 is 2.44 bits per heavy atom. The second-order valence-corrected chi connectivity index (χ2v) is 4.05. The molecule has 2 N–H and O–H groups in total. The van der Waals surface area contributed by atoms with Gasteiger partial charge in [-0.25, -0.2) is 0 Å². The van der Waals surface area contributed by atoms with Crippen LogP contribution in [-0.4, -0.2) is 73.9 Å². The molecule has 0 bridgehead atoms. The Bertz CT molecular complexity index is 155. The lowest BCUT2D eigenvalue weighted by molar-refractivity contribution is -0.0127. The molecule has 0 radical (unpaired) electrons. The van der Waals surface area contributed by atoms with Gasteiger partial charge in [-0.15, -0.1) is 0 Å². The van der Waals surface area contributed by atoms with Crippen LogP contribution in [0.5, 0.6) is 0 Å². The van der Waals surface area contributed by atoms with E-state index in [9.17, 15) is 5.11 Å². The van der Waals surface area contributed by atoms with E-state index in [0.29, 0.717) is 32.8 Å². The smallest absolute Gasteiger partial charge is 0.0900 e. The Morgan fingerprint density at radius 1 is 1.25 bits per heavy atom. The quantitative estimate of drug-likeness (QED) is 0.545. The molecule has 0 aliphatic carbocycles. The zero-order valence-electron chi connectivity index (χ0n) is 10.6. The van der Waals surface area contributed by atoms with Crippen LogP contribution in [0.1, 0.15) is 13.8 Å². The number of aliphatic hydroxyl groups is 2. The first-order valence-corrected chi connectivity index (χ1v) is 5.72. The molecule has 0 heterocycles. The van der Waals surface area contributed by atoms with Crippen molar-refractivity contribution in [2.24, 2.45) is 0 Å². The van der Waals surface area contributed by atoms with Crippen LogP contribution >= 0.6 is 0 Å². The van der Waals surface area contributed by atoms with Crippen LogP contribution in [0.25, 0.3) is 0 Å². The summed E-state index contributed by atoms with van der Waals surface area (Å²) in [6.45, 7) is 6.62. The highest BCUT2D eigenvalue weighted by Crippen LogP contribution is 1.96. The van der Waals surface area contributed by atoms with Crippen LogP contribution in [0.4, 0.5) is 0 Å². The third-order valence-corrected chi connectivity index (χ3v) is 2.12. The minimum atomic E-state index is -0.522. The highest BCUT2D eigenvalue weighted by molar-refractivity contribution is 4.64. The molecule has 0 aromatic carbocycles. The first kappa shape index (κ1) is 15.8. The maximum atomic E-state index is 9.71. The van der Waals surface area contributed by atoms with Gasteiger partial charge in [-0.2, -0.15) is 0 Å². The Kier molecular flexibility index (Phi) is 9.86. The van der Waals surface area contributed by atoms with Crippen molar-refractivity contribution in [1.82, 2.24) is 4.90 Å². The molecule has 5 nitrogen and oxygen atoms in total. The highest BCUT2D eigenvalue weighted by Gasteiger charge is 2.11. The first-order valence-electron chi connectivity index (χ1n) is 5.72. The van der Waals surface area contributed by atoms with Crippen LogP contribution < -0.4 is 0 Å². The lowest BCUT2D eigenvalue weighted by Gasteiger charge is -2.24. The predicted octanol–water partition coefficient (Wildman–Crippen LogP) is -0.287. The van der Waals surface area contributed by atoms with Gasteiger partial charge in [0.2, 0.25) is 0 Å². The fourth-order valence-corrected chi connectivity index (χ4v) is 1.31. The van der Waals surface area contributed by atoms with Gasteiger partial charge in [0.05, 0.1) is 32.0 Å². The van der Waals surface area contributed by atoms with Gasteiger partial charge < -0.3 is 19.7 Å². The molecule has 0 rings (SSSR count). The molecule has 1 unspecified atom stereocenters. The Morgan fingerprint density at radius 2 is 1.94 bits per heavy atom. The summed E-state index contributed by atoms with van der Waals surface area (Å²) in [6.07, 6.45) is -0.397. The minimum absolute atomic E-state index is 0.0848. The van der Waals surface area contributed by atoms with Crippen LogP contribution in [0.3, 0.4) is 0 Å². The third kappa shape index (κ3) is 9.06. The first-order chi connectivity index (χ1) is 7.60. The zero-order chi connectivity index (χ0) is 12.4. The van der Waals surface area contributed by atoms with Crippen LogP contribution in [0.15, 0.2) is 0 Å². The normalized spacial score (nSPS) is 13.7. The van der Waals surface area contributed by atoms with Gasteiger partial charge in [-0.05, 0) is 13.8 Å². The van der Waals surface area contributed by atoms with Crippen molar-refractivity contribution in [1.29, 1.82) is 0 Å². The molecule has 98 valence electrons. The topological polar surface area (TPSA) is 62.2 Å². The predicted molar refractivity (Wildman–Crippen MR) is 62.5 cm³/mol. The van der Waals surface area contributed by atoms with E-state index in [1.165, 1.54) is 0 Å². The van der Waals surface area contributed by atoms with Gasteiger partial charge in [0.25, 0.3) is 0 Å². The number of hydrogen-bond acceptors (Lipinski definition) is 5. The van der Waals surface area contributed by atoms with E-state index in [1.54, 1.807) is 7.11 Å². The molecular weight excluding hydrogens is 210 g/mol. The second kappa shape index (κ2) is 9.99. The van der Waals surface area contributed by atoms with Crippen molar-refractivity contribution in [3.8, 4) is 0 Å². The van der Waals surface area contributed by atoms with E-state index < -0.39 is 6.10 Å². The molecule has 0 spiro atoms. The van der Waals surface area contributed by atoms with Crippen molar-refractivity contribution in [2.75, 3.05) is 46.6 Å². The molecular formula is C11H25NO4. The second-order valence-electron chi connectivity index (χ2n) is 4.05. The summed E-state index contributed by atoms with van der Waals surface area (Å²) in [7, 11) is 1.63. The van der Waals surface area contributed by atoms with Crippen molar-refractivity contribution in [3.05, 3.63) is 0 Å². The zero-order valence-corrected chi connectivity index (χ0v) is 10.6. The summed E-state index contributed by atoms with van der Waals surface area (Å²) < 4.78 is 10.3. The van der Waals surface area contributed by atoms with Crippen LogP contribution in [-0.2, 0) is 9.47 Å². The highest BCUT2D eigenvalue weighted by atomic mass is 16.5. The monoisotopic (exact) mass is 235 g/mol. The number of hydrogen-bond donors (Lipinski definition) is 2. The lowest BCUT2D eigenvalue weighted by atomic mass is 10.3. The molecule has 0 saturated heterocycles. The van der Waals surface area contributed by atoms with E-state index in [0.717, 1.165) is 0 Å². The molecule has 16 heavy (non-hydrogen) atoms. The Balaban J connectivity index is 3.77. The minimum Gasteiger partial charge on any atom is -0.395 e. The fraction of sp³-hybridized carbons (Fsp3) is 1.00. The van der Waals surface area contributed by atoms with Gasteiger partial charge in [-0.3, -0.25) is 4.90 Å². The molecule has 5 heteroatoms. The van der Waals surface area contributed by atoms with E-state index in [-0.39, 0.29) is 12.7 Å². The summed E-state index contributed by atoms with van der Waals surface area (Å²) >= 11 is 0. The van der Waals surface area contributed by atoms with E-state index in [1.807, 2.05) is 18.7 Å². The SMILES string of the molecule is COCCN(CCO)CC(O)COC(C)C. The van der Waals surface area contributed by atoms with E-state index in [2.05, 4.69) is 0 Å². The van der Waals surface area contributed by atoms with Gasteiger partial charge >= 0.3 is 0 Å². The van der Waals surface area contributed by atoms with Crippen molar-refractivity contribution >= 4 is 0 Å². The average Bonchev–Trinajstić information content (AvgIpc) is 2.23. The fourth-order valence-electron chi connectivity index (χ4n) is 1.31. The summed E-state index contributed by atoms with van der Waals surface area (Å²) in [5.41, 5.74) is 0. The number of rotatable bonds is 10. The molecule has 0 fully saturated rings. The van der Waals surface area contributed by atoms with Crippen molar-refractivity contribution in [2.45, 2.75) is 26.1 Å². The Labute approximate surface area is 98.0 Å². The summed E-state index contributed by atoms with van der Waals surface area (Å²) in [5.74, 6) is 0. The van der Waals surface area contributed by atoms with Gasteiger partial charge in [-0.1, -0.05) is 0 Å². The summed E-state index contributed by atoms with van der Waals surface area (Å²) in [4.78, 5) is 1.96. The molecule has 0 aromatic heterocycles. The number of nitrogens with zero attached hydrogens (tertiary/aromatic N) is 1. The number of methoxy groups -OCH3 is 1. The van der Waals surface area contributed by atoms with Crippen LogP contribution in [0.2, 0.25) is 0 Å². The average molecular weight is 235 g/mol. The molecule has 0 aliphatic heterocycles. The molecule has 0 aliphatic rings. The molecule has 0 aromatic rings. The standard InChI is InChI=1S/C11H25NO4/c1-10(2)16-9-11(14)8-12(4-6-13)5-7-15-3/h10-11,13-14H,4-9H2,1-3H3. The van der Waals surface area contributed by atoms with E-state index in [4.69, 9.17) is 14.6 Å². The third-order valence-electron chi connectivity index (χ3n) is 2.12. The van der Waals surface area contributed by atoms with Gasteiger partial charge in [0, 0.05) is 26.7 Å². The maximum absolute atomic E-state index is 9.71. The maximum Gasteiger partial charge on any atom is 0.0900 e. The van der Waals surface area contributed by atoms with Gasteiger partial charge in [0.15, 0.2) is 0 Å². The summed E-state index contributed by atoms with van der Waals surface area (Å²) in [6, 6.07) is 0. The number of ether oxygens (including phenoxy) is 2. The van der Waals surface area contributed by atoms with Crippen molar-refractivity contribution < 1.29 is 19.7 Å².